The van der Waals surface area contributed by atoms with Gasteiger partial charge in [0.15, 0.2) is 9.84 Å². The van der Waals surface area contributed by atoms with Crippen molar-refractivity contribution in [1.29, 1.82) is 0 Å². The highest BCUT2D eigenvalue weighted by molar-refractivity contribution is 7.91. The molecule has 134 valence electrons. The molecular weight excluding hydrogens is 359 g/mol. The summed E-state index contributed by atoms with van der Waals surface area (Å²) in [6, 6.07) is 7.06. The van der Waals surface area contributed by atoms with E-state index in [9.17, 15) is 31.5 Å². The standard InChI is InChI=1S/C16H14F3NO4S/c1-2-25(23,24)12-6-7-14(21)13(9-12)20-15(22)10-4-3-5-11(8-10)16(17,18)19/h3-9,21H,2H2,1H3,(H,20,22). The Balaban J connectivity index is 2.34. The second-order valence-electron chi connectivity index (χ2n) is 5.12. The topological polar surface area (TPSA) is 83.5 Å². The summed E-state index contributed by atoms with van der Waals surface area (Å²) < 4.78 is 61.8. The first-order valence-electron chi connectivity index (χ1n) is 7.09. The van der Waals surface area contributed by atoms with Gasteiger partial charge in [-0.1, -0.05) is 13.0 Å². The van der Waals surface area contributed by atoms with Crippen LogP contribution in [0.2, 0.25) is 0 Å². The minimum absolute atomic E-state index is 0.118. The SMILES string of the molecule is CCS(=O)(=O)c1ccc(O)c(NC(=O)c2cccc(C(F)(F)F)c2)c1. The van der Waals surface area contributed by atoms with Gasteiger partial charge in [0.05, 0.1) is 21.9 Å². The lowest BCUT2D eigenvalue weighted by atomic mass is 10.1. The Bertz CT molecular complexity index is 908. The zero-order valence-corrected chi connectivity index (χ0v) is 13.8. The number of carbonyl (C=O) groups excluding carboxylic acids is 1. The summed E-state index contributed by atoms with van der Waals surface area (Å²) in [4.78, 5) is 12.0. The van der Waals surface area contributed by atoms with E-state index >= 15 is 0 Å². The molecule has 0 fully saturated rings. The molecule has 2 aromatic rings. The zero-order valence-electron chi connectivity index (χ0n) is 13.0. The molecule has 0 aliphatic carbocycles. The number of amides is 1. The van der Waals surface area contributed by atoms with Gasteiger partial charge in [0.25, 0.3) is 5.91 Å². The molecule has 0 spiro atoms. The Morgan fingerprint density at radius 1 is 1.16 bits per heavy atom. The van der Waals surface area contributed by atoms with Crippen LogP contribution in [0, 0.1) is 0 Å². The fourth-order valence-corrected chi connectivity index (χ4v) is 2.91. The Labute approximate surface area is 142 Å². The molecule has 0 atom stereocenters. The second-order valence-corrected chi connectivity index (χ2v) is 7.39. The lowest BCUT2D eigenvalue weighted by Crippen LogP contribution is -2.14. The molecule has 0 bridgehead atoms. The Morgan fingerprint density at radius 2 is 1.84 bits per heavy atom. The number of anilines is 1. The number of carbonyl (C=O) groups is 1. The van der Waals surface area contributed by atoms with Crippen molar-refractivity contribution in [3.63, 3.8) is 0 Å². The Morgan fingerprint density at radius 3 is 2.44 bits per heavy atom. The summed E-state index contributed by atoms with van der Waals surface area (Å²) in [5.41, 5.74) is -1.48. The summed E-state index contributed by atoms with van der Waals surface area (Å²) in [7, 11) is -3.58. The minimum atomic E-state index is -4.60. The number of nitrogens with one attached hydrogen (secondary N) is 1. The van der Waals surface area contributed by atoms with Crippen LogP contribution in [0.3, 0.4) is 0 Å². The number of halogens is 3. The minimum Gasteiger partial charge on any atom is -0.506 e. The molecule has 1 amide bonds. The summed E-state index contributed by atoms with van der Waals surface area (Å²) in [6.07, 6.45) is -4.60. The lowest BCUT2D eigenvalue weighted by Gasteiger charge is -2.11. The van der Waals surface area contributed by atoms with Gasteiger partial charge in [0.1, 0.15) is 5.75 Å². The predicted molar refractivity (Wildman–Crippen MR) is 85.2 cm³/mol. The van der Waals surface area contributed by atoms with Gasteiger partial charge < -0.3 is 10.4 Å². The van der Waals surface area contributed by atoms with E-state index in [2.05, 4.69) is 5.32 Å². The van der Waals surface area contributed by atoms with E-state index in [1.807, 2.05) is 0 Å². The van der Waals surface area contributed by atoms with Crippen molar-refractivity contribution in [3.05, 3.63) is 53.6 Å². The maximum atomic E-state index is 12.7. The van der Waals surface area contributed by atoms with Gasteiger partial charge in [-0.15, -0.1) is 0 Å². The average molecular weight is 373 g/mol. The van der Waals surface area contributed by atoms with Crippen molar-refractivity contribution in [1.82, 2.24) is 0 Å². The van der Waals surface area contributed by atoms with E-state index in [1.165, 1.54) is 19.1 Å². The van der Waals surface area contributed by atoms with Crippen molar-refractivity contribution < 1.29 is 31.5 Å². The number of phenols is 1. The third kappa shape index (κ3) is 4.30. The fraction of sp³-hybridized carbons (Fsp3) is 0.188. The number of hydrogen-bond donors (Lipinski definition) is 2. The second kappa shape index (κ2) is 6.75. The quantitative estimate of drug-likeness (QED) is 0.804. The highest BCUT2D eigenvalue weighted by atomic mass is 32.2. The first kappa shape index (κ1) is 18.8. The van der Waals surface area contributed by atoms with Gasteiger partial charge in [0, 0.05) is 5.56 Å². The van der Waals surface area contributed by atoms with Crippen molar-refractivity contribution >= 4 is 21.4 Å². The number of sulfone groups is 1. The zero-order chi connectivity index (χ0) is 18.8. The molecule has 0 heterocycles. The molecule has 0 aromatic heterocycles. The monoisotopic (exact) mass is 373 g/mol. The van der Waals surface area contributed by atoms with Gasteiger partial charge in [-0.2, -0.15) is 13.2 Å². The number of aromatic hydroxyl groups is 1. The van der Waals surface area contributed by atoms with Crippen LogP contribution in [0.15, 0.2) is 47.4 Å². The van der Waals surface area contributed by atoms with Crippen LogP contribution in [0.4, 0.5) is 18.9 Å². The predicted octanol–water partition coefficient (Wildman–Crippen LogP) is 3.46. The third-order valence-electron chi connectivity index (χ3n) is 3.41. The van der Waals surface area contributed by atoms with Gasteiger partial charge in [-0.25, -0.2) is 8.42 Å². The van der Waals surface area contributed by atoms with E-state index in [0.29, 0.717) is 6.07 Å². The van der Waals surface area contributed by atoms with Crippen LogP contribution in [-0.4, -0.2) is 25.2 Å². The molecule has 25 heavy (non-hydrogen) atoms. The van der Waals surface area contributed by atoms with E-state index < -0.39 is 33.2 Å². The maximum absolute atomic E-state index is 12.7. The molecular formula is C16H14F3NO4S. The highest BCUT2D eigenvalue weighted by Crippen LogP contribution is 2.30. The van der Waals surface area contributed by atoms with E-state index in [4.69, 9.17) is 0 Å². The lowest BCUT2D eigenvalue weighted by molar-refractivity contribution is -0.137. The van der Waals surface area contributed by atoms with Crippen LogP contribution in [0.1, 0.15) is 22.8 Å². The summed E-state index contributed by atoms with van der Waals surface area (Å²) in [5, 5.41) is 12.0. The van der Waals surface area contributed by atoms with Crippen LogP contribution >= 0.6 is 0 Å². The van der Waals surface area contributed by atoms with Crippen LogP contribution < -0.4 is 5.32 Å². The van der Waals surface area contributed by atoms with Crippen LogP contribution in [0.25, 0.3) is 0 Å². The maximum Gasteiger partial charge on any atom is 0.416 e. The molecule has 2 N–H and O–H groups in total. The molecule has 0 unspecified atom stereocenters. The first-order chi connectivity index (χ1) is 11.5. The molecule has 9 heteroatoms. The molecule has 2 rings (SSSR count). The largest absolute Gasteiger partial charge is 0.506 e. The summed E-state index contributed by atoms with van der Waals surface area (Å²) in [5.74, 6) is -1.50. The van der Waals surface area contributed by atoms with Crippen molar-refractivity contribution in [2.45, 2.75) is 18.0 Å². The van der Waals surface area contributed by atoms with Crippen molar-refractivity contribution in [3.8, 4) is 5.75 Å². The number of hydrogen-bond acceptors (Lipinski definition) is 4. The third-order valence-corrected chi connectivity index (χ3v) is 5.14. The Kier molecular flexibility index (Phi) is 5.07. The van der Waals surface area contributed by atoms with Crippen molar-refractivity contribution in [2.24, 2.45) is 0 Å². The van der Waals surface area contributed by atoms with Gasteiger partial charge in [-0.3, -0.25) is 4.79 Å². The Hall–Kier alpha value is -2.55. The molecule has 0 aliphatic heterocycles. The molecule has 0 aliphatic rings. The van der Waals surface area contributed by atoms with E-state index in [-0.39, 0.29) is 21.9 Å². The molecule has 0 radical (unpaired) electrons. The van der Waals surface area contributed by atoms with Crippen LogP contribution in [-0.2, 0) is 16.0 Å². The smallest absolute Gasteiger partial charge is 0.416 e. The molecule has 2 aromatic carbocycles. The van der Waals surface area contributed by atoms with E-state index in [0.717, 1.165) is 24.3 Å². The highest BCUT2D eigenvalue weighted by Gasteiger charge is 2.31. The first-order valence-corrected chi connectivity index (χ1v) is 8.74. The fourth-order valence-electron chi connectivity index (χ4n) is 2.01. The molecule has 0 saturated carbocycles. The number of benzene rings is 2. The van der Waals surface area contributed by atoms with Gasteiger partial charge in [0.2, 0.25) is 0 Å². The van der Waals surface area contributed by atoms with Crippen molar-refractivity contribution in [2.75, 3.05) is 11.1 Å². The number of alkyl halides is 3. The van der Waals surface area contributed by atoms with E-state index in [1.54, 1.807) is 0 Å². The van der Waals surface area contributed by atoms with Gasteiger partial charge in [-0.05, 0) is 36.4 Å². The average Bonchev–Trinajstić information content (AvgIpc) is 2.56. The summed E-state index contributed by atoms with van der Waals surface area (Å²) >= 11 is 0. The molecule has 0 saturated heterocycles. The molecule has 5 nitrogen and oxygen atoms in total. The normalized spacial score (nSPS) is 12.0. The van der Waals surface area contributed by atoms with Crippen LogP contribution in [0.5, 0.6) is 5.75 Å². The summed E-state index contributed by atoms with van der Waals surface area (Å²) in [6.45, 7) is 1.43. The number of phenolic OH excluding ortho intramolecular Hbond substituents is 1. The van der Waals surface area contributed by atoms with Gasteiger partial charge >= 0.3 is 6.18 Å². The number of rotatable bonds is 4.